The third kappa shape index (κ3) is 5.39. The zero-order chi connectivity index (χ0) is 11.1. The lowest BCUT2D eigenvalue weighted by Crippen LogP contribution is -2.19. The predicted octanol–water partition coefficient (Wildman–Crippen LogP) is 1.41. The molecule has 1 aliphatic heterocycles. The lowest BCUT2D eigenvalue weighted by Gasteiger charge is -2.13. The van der Waals surface area contributed by atoms with Crippen LogP contribution in [0.25, 0.3) is 0 Å². The fourth-order valence-corrected chi connectivity index (χ4v) is 1.97. The number of hydrogen-bond donors (Lipinski definition) is 1. The Hall–Kier alpha value is -0.260. The first-order chi connectivity index (χ1) is 7.20. The molecule has 0 aromatic heterocycles. The number of ether oxygens (including phenoxy) is 2. The van der Waals surface area contributed by atoms with Crippen LogP contribution in [0.3, 0.4) is 0 Å². The van der Waals surface area contributed by atoms with Gasteiger partial charge in [0.1, 0.15) is 0 Å². The van der Waals surface area contributed by atoms with Crippen LogP contribution in [0.15, 0.2) is 0 Å². The van der Waals surface area contributed by atoms with Gasteiger partial charge in [-0.15, -0.1) is 0 Å². The third-order valence-electron chi connectivity index (χ3n) is 2.20. The molecule has 1 atom stereocenters. The van der Waals surface area contributed by atoms with Crippen molar-refractivity contribution in [2.75, 3.05) is 39.7 Å². The first-order valence-electron chi connectivity index (χ1n) is 5.28. The van der Waals surface area contributed by atoms with Gasteiger partial charge in [0.15, 0.2) is 5.17 Å². The Labute approximate surface area is 95.8 Å². The van der Waals surface area contributed by atoms with Crippen LogP contribution in [-0.4, -0.2) is 55.8 Å². The highest BCUT2D eigenvalue weighted by molar-refractivity contribution is 8.13. The summed E-state index contributed by atoms with van der Waals surface area (Å²) in [6.07, 6.45) is 2.60. The van der Waals surface area contributed by atoms with Crippen molar-refractivity contribution in [1.82, 2.24) is 4.90 Å². The zero-order valence-corrected chi connectivity index (χ0v) is 10.3. The summed E-state index contributed by atoms with van der Waals surface area (Å²) in [6, 6.07) is 0. The van der Waals surface area contributed by atoms with Crippen LogP contribution in [-0.2, 0) is 9.47 Å². The Bertz CT molecular complexity index is 194. The van der Waals surface area contributed by atoms with Gasteiger partial charge in [0, 0.05) is 26.5 Å². The molecule has 88 valence electrons. The Morgan fingerprint density at radius 2 is 2.40 bits per heavy atom. The Kier molecular flexibility index (Phi) is 6.05. The van der Waals surface area contributed by atoms with Crippen molar-refractivity contribution in [2.24, 2.45) is 0 Å². The fraction of sp³-hybridized carbons (Fsp3) is 0.900. The van der Waals surface area contributed by atoms with Gasteiger partial charge >= 0.3 is 0 Å². The largest absolute Gasteiger partial charge is 0.378 e. The van der Waals surface area contributed by atoms with Gasteiger partial charge in [-0.2, -0.15) is 0 Å². The monoisotopic (exact) mass is 232 g/mol. The summed E-state index contributed by atoms with van der Waals surface area (Å²) in [7, 11) is 3.76. The van der Waals surface area contributed by atoms with E-state index in [4.69, 9.17) is 14.9 Å². The maximum atomic E-state index is 7.55. The Morgan fingerprint density at radius 1 is 1.60 bits per heavy atom. The lowest BCUT2D eigenvalue weighted by molar-refractivity contribution is 0.0226. The molecule has 0 spiro atoms. The van der Waals surface area contributed by atoms with Gasteiger partial charge < -0.3 is 14.4 Å². The molecule has 0 unspecified atom stereocenters. The molecule has 0 aromatic rings. The zero-order valence-electron chi connectivity index (χ0n) is 9.49. The standard InChI is InChI=1S/C10H20N2O2S/c1-12(2)10(11)15-7-6-13-8-9-4-3-5-14-9/h9,11H,3-8H2,1-2H3/t9-/m0/s1. The number of amidine groups is 1. The lowest BCUT2D eigenvalue weighted by atomic mass is 10.2. The van der Waals surface area contributed by atoms with Gasteiger partial charge in [0.05, 0.1) is 19.3 Å². The third-order valence-corrected chi connectivity index (χ3v) is 3.21. The van der Waals surface area contributed by atoms with Crippen LogP contribution >= 0.6 is 11.8 Å². The maximum absolute atomic E-state index is 7.55. The van der Waals surface area contributed by atoms with Crippen molar-refractivity contribution in [3.63, 3.8) is 0 Å². The molecule has 0 aromatic carbocycles. The second kappa shape index (κ2) is 7.09. The van der Waals surface area contributed by atoms with E-state index < -0.39 is 0 Å². The summed E-state index contributed by atoms with van der Waals surface area (Å²) in [5.41, 5.74) is 0. The van der Waals surface area contributed by atoms with Crippen molar-refractivity contribution >= 4 is 16.9 Å². The van der Waals surface area contributed by atoms with Crippen molar-refractivity contribution in [2.45, 2.75) is 18.9 Å². The van der Waals surface area contributed by atoms with Gasteiger partial charge in [-0.25, -0.2) is 0 Å². The van der Waals surface area contributed by atoms with E-state index in [9.17, 15) is 0 Å². The quantitative estimate of drug-likeness (QED) is 0.442. The van der Waals surface area contributed by atoms with Crippen molar-refractivity contribution in [3.05, 3.63) is 0 Å². The summed E-state index contributed by atoms with van der Waals surface area (Å²) in [4.78, 5) is 1.80. The van der Waals surface area contributed by atoms with E-state index in [1.54, 1.807) is 4.90 Å². The minimum atomic E-state index is 0.309. The van der Waals surface area contributed by atoms with Gasteiger partial charge in [0.2, 0.25) is 0 Å². The molecule has 0 aliphatic carbocycles. The van der Waals surface area contributed by atoms with E-state index in [1.165, 1.54) is 11.8 Å². The second-order valence-corrected chi connectivity index (χ2v) is 4.84. The molecule has 0 saturated carbocycles. The topological polar surface area (TPSA) is 45.6 Å². The summed E-state index contributed by atoms with van der Waals surface area (Å²) in [6.45, 7) is 2.28. The first kappa shape index (κ1) is 12.8. The molecule has 1 aliphatic rings. The van der Waals surface area contributed by atoms with Gasteiger partial charge in [-0.05, 0) is 12.8 Å². The van der Waals surface area contributed by atoms with Crippen molar-refractivity contribution < 1.29 is 9.47 Å². The normalized spacial score (nSPS) is 20.5. The number of thioether (sulfide) groups is 1. The highest BCUT2D eigenvalue weighted by Gasteiger charge is 2.14. The minimum Gasteiger partial charge on any atom is -0.378 e. The molecule has 1 N–H and O–H groups in total. The molecule has 4 nitrogen and oxygen atoms in total. The van der Waals surface area contributed by atoms with Gasteiger partial charge in [-0.3, -0.25) is 5.41 Å². The number of rotatable bonds is 5. The first-order valence-corrected chi connectivity index (χ1v) is 6.26. The molecule has 0 amide bonds. The number of nitrogens with one attached hydrogen (secondary N) is 1. The minimum absolute atomic E-state index is 0.309. The molecule has 0 bridgehead atoms. The average molecular weight is 232 g/mol. The van der Waals surface area contributed by atoms with E-state index in [0.29, 0.717) is 24.5 Å². The number of nitrogens with zero attached hydrogens (tertiary/aromatic N) is 1. The van der Waals surface area contributed by atoms with E-state index in [0.717, 1.165) is 25.2 Å². The molecule has 1 fully saturated rings. The van der Waals surface area contributed by atoms with Crippen LogP contribution in [0.5, 0.6) is 0 Å². The fourth-order valence-electron chi connectivity index (χ4n) is 1.32. The molecule has 15 heavy (non-hydrogen) atoms. The Morgan fingerprint density at radius 3 is 3.00 bits per heavy atom. The van der Waals surface area contributed by atoms with Gasteiger partial charge in [0.25, 0.3) is 0 Å². The van der Waals surface area contributed by atoms with Gasteiger partial charge in [-0.1, -0.05) is 11.8 Å². The van der Waals surface area contributed by atoms with E-state index in [-0.39, 0.29) is 0 Å². The van der Waals surface area contributed by atoms with E-state index in [2.05, 4.69) is 0 Å². The van der Waals surface area contributed by atoms with E-state index >= 15 is 0 Å². The summed E-state index contributed by atoms with van der Waals surface area (Å²) < 4.78 is 10.9. The number of hydrogen-bond acceptors (Lipinski definition) is 4. The SMILES string of the molecule is CN(C)C(=N)SCCOC[C@@H]1CCCO1. The van der Waals surface area contributed by atoms with Crippen LogP contribution < -0.4 is 0 Å². The summed E-state index contributed by atoms with van der Waals surface area (Å²) in [5, 5.41) is 8.13. The second-order valence-electron chi connectivity index (χ2n) is 3.76. The van der Waals surface area contributed by atoms with Crippen LogP contribution in [0.4, 0.5) is 0 Å². The molecule has 1 heterocycles. The van der Waals surface area contributed by atoms with Crippen LogP contribution in [0.2, 0.25) is 0 Å². The molecule has 1 saturated heterocycles. The van der Waals surface area contributed by atoms with Crippen molar-refractivity contribution in [1.29, 1.82) is 5.41 Å². The average Bonchev–Trinajstić information content (AvgIpc) is 2.69. The highest BCUT2D eigenvalue weighted by Crippen LogP contribution is 2.12. The summed E-state index contributed by atoms with van der Waals surface area (Å²) in [5.74, 6) is 0.837. The smallest absolute Gasteiger partial charge is 0.155 e. The predicted molar refractivity (Wildman–Crippen MR) is 63.7 cm³/mol. The molecular weight excluding hydrogens is 212 g/mol. The van der Waals surface area contributed by atoms with Crippen LogP contribution in [0.1, 0.15) is 12.8 Å². The summed E-state index contributed by atoms with van der Waals surface area (Å²) >= 11 is 1.51. The molecular formula is C10H20N2O2S. The highest BCUT2D eigenvalue weighted by atomic mass is 32.2. The Balaban J connectivity index is 1.90. The van der Waals surface area contributed by atoms with E-state index in [1.807, 2.05) is 14.1 Å². The van der Waals surface area contributed by atoms with Crippen LogP contribution in [0, 0.1) is 5.41 Å². The van der Waals surface area contributed by atoms with Crippen molar-refractivity contribution in [3.8, 4) is 0 Å². The molecule has 5 heteroatoms. The molecule has 0 radical (unpaired) electrons. The molecule has 1 rings (SSSR count). The maximum Gasteiger partial charge on any atom is 0.155 e.